The van der Waals surface area contributed by atoms with E-state index in [9.17, 15) is 9.59 Å². The van der Waals surface area contributed by atoms with Gasteiger partial charge in [0.1, 0.15) is 5.01 Å². The molecule has 2 heterocycles. The van der Waals surface area contributed by atoms with E-state index in [4.69, 9.17) is 5.11 Å². The van der Waals surface area contributed by atoms with Gasteiger partial charge in [-0.1, -0.05) is 0 Å². The standard InChI is InChI=1S/C11H12N4O3S/c1-6-7(3-13-15(6)2)10(16)12-4-9-14-8(5-19-9)11(17)18/h3,5H,4H2,1-2H3,(H,12,16)(H,17,18). The smallest absolute Gasteiger partial charge is 0.355 e. The number of carbonyl (C=O) groups is 2. The highest BCUT2D eigenvalue weighted by atomic mass is 32.1. The number of nitrogens with one attached hydrogen (secondary N) is 1. The number of hydrogen-bond acceptors (Lipinski definition) is 5. The summed E-state index contributed by atoms with van der Waals surface area (Å²) in [6.07, 6.45) is 1.50. The zero-order valence-corrected chi connectivity index (χ0v) is 11.2. The molecule has 1 amide bonds. The third-order valence-corrected chi connectivity index (χ3v) is 3.50. The second kappa shape index (κ2) is 5.19. The molecule has 2 rings (SSSR count). The second-order valence-corrected chi connectivity index (χ2v) is 4.82. The molecule has 0 aliphatic heterocycles. The largest absolute Gasteiger partial charge is 0.476 e. The number of thiazole rings is 1. The first-order valence-electron chi connectivity index (χ1n) is 5.43. The first-order chi connectivity index (χ1) is 8.99. The molecule has 0 aliphatic rings. The predicted octanol–water partition coefficient (Wildman–Crippen LogP) is 0.813. The van der Waals surface area contributed by atoms with Crippen molar-refractivity contribution in [2.24, 2.45) is 7.05 Å². The van der Waals surface area contributed by atoms with Crippen LogP contribution in [0.1, 0.15) is 31.5 Å². The summed E-state index contributed by atoms with van der Waals surface area (Å²) in [5, 5.41) is 17.4. The molecular weight excluding hydrogens is 268 g/mol. The van der Waals surface area contributed by atoms with Gasteiger partial charge < -0.3 is 10.4 Å². The number of aromatic carboxylic acids is 1. The molecule has 2 aromatic heterocycles. The summed E-state index contributed by atoms with van der Waals surface area (Å²) in [6, 6.07) is 0. The Hall–Kier alpha value is -2.22. The zero-order valence-electron chi connectivity index (χ0n) is 10.4. The lowest BCUT2D eigenvalue weighted by molar-refractivity contribution is 0.0691. The van der Waals surface area contributed by atoms with Gasteiger partial charge in [-0.2, -0.15) is 5.10 Å². The lowest BCUT2D eigenvalue weighted by Crippen LogP contribution is -2.23. The third kappa shape index (κ3) is 2.79. The van der Waals surface area contributed by atoms with E-state index in [1.54, 1.807) is 18.7 Å². The Bertz CT molecular complexity index is 632. The van der Waals surface area contributed by atoms with Gasteiger partial charge in [0.2, 0.25) is 0 Å². The van der Waals surface area contributed by atoms with Gasteiger partial charge in [0.15, 0.2) is 5.69 Å². The first kappa shape index (κ1) is 13.2. The Kier molecular flexibility index (Phi) is 3.61. The van der Waals surface area contributed by atoms with Gasteiger partial charge in [-0.3, -0.25) is 9.48 Å². The normalized spacial score (nSPS) is 10.4. The van der Waals surface area contributed by atoms with Gasteiger partial charge in [-0.25, -0.2) is 9.78 Å². The highest BCUT2D eigenvalue weighted by molar-refractivity contribution is 7.09. The molecule has 0 saturated heterocycles. The molecule has 0 radical (unpaired) electrons. The van der Waals surface area contributed by atoms with E-state index in [0.29, 0.717) is 10.6 Å². The minimum absolute atomic E-state index is 0.00759. The fourth-order valence-corrected chi connectivity index (χ4v) is 2.17. The fourth-order valence-electron chi connectivity index (χ4n) is 1.46. The summed E-state index contributed by atoms with van der Waals surface area (Å²) >= 11 is 1.20. The van der Waals surface area contributed by atoms with Crippen LogP contribution in [-0.2, 0) is 13.6 Å². The van der Waals surface area contributed by atoms with E-state index in [1.807, 2.05) is 0 Å². The fraction of sp³-hybridized carbons (Fsp3) is 0.273. The number of aromatic nitrogens is 3. The number of carboxylic acid groups (broad SMARTS) is 1. The molecular formula is C11H12N4O3S. The molecule has 0 atom stereocenters. The maximum Gasteiger partial charge on any atom is 0.355 e. The number of carboxylic acids is 1. The lowest BCUT2D eigenvalue weighted by atomic mass is 10.2. The maximum absolute atomic E-state index is 11.9. The van der Waals surface area contributed by atoms with Crippen molar-refractivity contribution in [1.29, 1.82) is 0 Å². The quantitative estimate of drug-likeness (QED) is 0.864. The Morgan fingerprint density at radius 3 is 2.79 bits per heavy atom. The van der Waals surface area contributed by atoms with Gasteiger partial charge in [0.25, 0.3) is 5.91 Å². The molecule has 0 fully saturated rings. The topological polar surface area (TPSA) is 97.1 Å². The highest BCUT2D eigenvalue weighted by Gasteiger charge is 2.14. The minimum atomic E-state index is -1.07. The van der Waals surface area contributed by atoms with E-state index in [2.05, 4.69) is 15.4 Å². The van der Waals surface area contributed by atoms with E-state index in [1.165, 1.54) is 22.9 Å². The van der Waals surface area contributed by atoms with Crippen LogP contribution in [0.3, 0.4) is 0 Å². The second-order valence-electron chi connectivity index (χ2n) is 3.88. The van der Waals surface area contributed by atoms with Gasteiger partial charge in [-0.15, -0.1) is 11.3 Å². The lowest BCUT2D eigenvalue weighted by Gasteiger charge is -2.02. The van der Waals surface area contributed by atoms with Crippen LogP contribution in [0.4, 0.5) is 0 Å². The maximum atomic E-state index is 11.9. The van der Waals surface area contributed by atoms with Crippen molar-refractivity contribution in [1.82, 2.24) is 20.1 Å². The average molecular weight is 280 g/mol. The van der Waals surface area contributed by atoms with Crippen LogP contribution in [0.5, 0.6) is 0 Å². The number of amides is 1. The van der Waals surface area contributed by atoms with Crippen molar-refractivity contribution in [3.05, 3.63) is 33.5 Å². The zero-order chi connectivity index (χ0) is 14.0. The molecule has 0 aromatic carbocycles. The van der Waals surface area contributed by atoms with Gasteiger partial charge in [0.05, 0.1) is 18.3 Å². The van der Waals surface area contributed by atoms with Crippen LogP contribution in [0.2, 0.25) is 0 Å². The summed E-state index contributed by atoms with van der Waals surface area (Å²) in [4.78, 5) is 26.4. The molecule has 8 heteroatoms. The molecule has 100 valence electrons. The molecule has 2 N–H and O–H groups in total. The molecule has 0 unspecified atom stereocenters. The molecule has 19 heavy (non-hydrogen) atoms. The number of rotatable bonds is 4. The molecule has 7 nitrogen and oxygen atoms in total. The van der Waals surface area contributed by atoms with Crippen molar-refractivity contribution in [2.75, 3.05) is 0 Å². The third-order valence-electron chi connectivity index (χ3n) is 2.65. The van der Waals surface area contributed by atoms with E-state index in [-0.39, 0.29) is 18.1 Å². The average Bonchev–Trinajstić information content (AvgIpc) is 2.95. The van der Waals surface area contributed by atoms with Crippen LogP contribution in [0.15, 0.2) is 11.6 Å². The van der Waals surface area contributed by atoms with Crippen molar-refractivity contribution in [2.45, 2.75) is 13.5 Å². The summed E-state index contributed by atoms with van der Waals surface area (Å²) in [5.41, 5.74) is 1.26. The Morgan fingerprint density at radius 1 is 1.53 bits per heavy atom. The Labute approximate surface area is 112 Å². The number of carbonyl (C=O) groups excluding carboxylic acids is 1. The van der Waals surface area contributed by atoms with Crippen LogP contribution >= 0.6 is 11.3 Å². The van der Waals surface area contributed by atoms with Crippen molar-refractivity contribution in [3.8, 4) is 0 Å². The van der Waals surface area contributed by atoms with Crippen LogP contribution in [0, 0.1) is 6.92 Å². The number of nitrogens with zero attached hydrogens (tertiary/aromatic N) is 3. The highest BCUT2D eigenvalue weighted by Crippen LogP contribution is 2.10. The summed E-state index contributed by atoms with van der Waals surface area (Å²) < 4.78 is 1.61. The number of hydrogen-bond donors (Lipinski definition) is 2. The molecule has 2 aromatic rings. The molecule has 0 spiro atoms. The Balaban J connectivity index is 2.00. The molecule has 0 aliphatic carbocycles. The minimum Gasteiger partial charge on any atom is -0.476 e. The van der Waals surface area contributed by atoms with Crippen molar-refractivity contribution >= 4 is 23.2 Å². The van der Waals surface area contributed by atoms with Crippen molar-refractivity contribution < 1.29 is 14.7 Å². The van der Waals surface area contributed by atoms with E-state index < -0.39 is 5.97 Å². The monoisotopic (exact) mass is 280 g/mol. The van der Waals surface area contributed by atoms with E-state index in [0.717, 1.165) is 5.69 Å². The SMILES string of the molecule is Cc1c(C(=O)NCc2nc(C(=O)O)cs2)cnn1C. The van der Waals surface area contributed by atoms with Crippen molar-refractivity contribution in [3.63, 3.8) is 0 Å². The predicted molar refractivity (Wildman–Crippen MR) is 68.2 cm³/mol. The van der Waals surface area contributed by atoms with Crippen LogP contribution in [-0.4, -0.2) is 31.7 Å². The Morgan fingerprint density at radius 2 is 2.26 bits per heavy atom. The van der Waals surface area contributed by atoms with Crippen LogP contribution in [0.25, 0.3) is 0 Å². The summed E-state index contributed by atoms with van der Waals surface area (Å²) in [5.74, 6) is -1.32. The molecule has 0 saturated carbocycles. The van der Waals surface area contributed by atoms with Gasteiger partial charge >= 0.3 is 5.97 Å². The van der Waals surface area contributed by atoms with Gasteiger partial charge in [-0.05, 0) is 6.92 Å². The first-order valence-corrected chi connectivity index (χ1v) is 6.31. The summed E-state index contributed by atoms with van der Waals surface area (Å²) in [7, 11) is 1.76. The van der Waals surface area contributed by atoms with Crippen LogP contribution < -0.4 is 5.32 Å². The summed E-state index contributed by atoms with van der Waals surface area (Å²) in [6.45, 7) is 2.00. The molecule has 0 bridgehead atoms. The number of aryl methyl sites for hydroxylation is 1. The van der Waals surface area contributed by atoms with Gasteiger partial charge in [0, 0.05) is 18.1 Å². The van der Waals surface area contributed by atoms with E-state index >= 15 is 0 Å².